The zero-order valence-corrected chi connectivity index (χ0v) is 22.9. The van der Waals surface area contributed by atoms with E-state index in [0.717, 1.165) is 12.0 Å². The Hall–Kier alpha value is -2.90. The number of phenolic OH excluding ortho intramolecular Hbond substituents is 1. The number of nitrogens with one attached hydrogen (secondary N) is 1. The second-order valence-electron chi connectivity index (χ2n) is 10.4. The van der Waals surface area contributed by atoms with Crippen molar-refractivity contribution in [1.82, 2.24) is 9.62 Å². The number of aliphatic hydroxyl groups is 1. The Morgan fingerprint density at radius 2 is 1.82 bits per heavy atom. The fraction of sp³-hybridized carbons (Fsp3) is 0.519. The van der Waals surface area contributed by atoms with E-state index in [2.05, 4.69) is 5.32 Å². The fourth-order valence-corrected chi connectivity index (χ4v) is 6.46. The van der Waals surface area contributed by atoms with E-state index in [4.69, 9.17) is 19.9 Å². The van der Waals surface area contributed by atoms with E-state index in [-0.39, 0.29) is 54.9 Å². The van der Waals surface area contributed by atoms with Crippen LogP contribution in [0.15, 0.2) is 53.4 Å². The minimum Gasteiger partial charge on any atom is -0.508 e. The molecule has 12 heteroatoms. The number of anilines is 1. The van der Waals surface area contributed by atoms with Crippen molar-refractivity contribution in [3.8, 4) is 5.75 Å². The Bertz CT molecular complexity index is 1210. The number of hydrogen-bond donors (Lipinski definition) is 4. The summed E-state index contributed by atoms with van der Waals surface area (Å²) in [5.74, 6) is -0.00327. The zero-order valence-electron chi connectivity index (χ0n) is 22.1. The van der Waals surface area contributed by atoms with Crippen molar-refractivity contribution in [3.05, 3.63) is 54.1 Å². The Morgan fingerprint density at radius 3 is 2.49 bits per heavy atom. The van der Waals surface area contributed by atoms with Gasteiger partial charge in [0, 0.05) is 18.8 Å². The molecule has 0 radical (unpaired) electrons. The van der Waals surface area contributed by atoms with Gasteiger partial charge >= 0.3 is 6.09 Å². The molecule has 2 aromatic carbocycles. The maximum Gasteiger partial charge on any atom is 0.407 e. The number of nitrogens with two attached hydrogens (primary N) is 1. The van der Waals surface area contributed by atoms with Gasteiger partial charge in [-0.1, -0.05) is 26.0 Å². The van der Waals surface area contributed by atoms with E-state index in [1.165, 1.54) is 40.7 Å². The third kappa shape index (κ3) is 7.40. The van der Waals surface area contributed by atoms with Crippen molar-refractivity contribution in [2.24, 2.45) is 11.8 Å². The number of carbonyl (C=O) groups excluding carboxylic acids is 1. The molecule has 1 amide bonds. The second kappa shape index (κ2) is 12.5. The van der Waals surface area contributed by atoms with Crippen LogP contribution in [0, 0.1) is 11.8 Å². The third-order valence-corrected chi connectivity index (χ3v) is 8.73. The Kier molecular flexibility index (Phi) is 9.34. The Labute approximate surface area is 228 Å². The number of aromatic hydroxyl groups is 1. The maximum absolute atomic E-state index is 13.5. The highest BCUT2D eigenvalue weighted by atomic mass is 32.2. The molecule has 2 aliphatic heterocycles. The third-order valence-electron chi connectivity index (χ3n) is 6.88. The molecular formula is C27H37N3O8S. The molecular weight excluding hydrogens is 526 g/mol. The van der Waals surface area contributed by atoms with Crippen molar-refractivity contribution in [3.63, 3.8) is 0 Å². The number of sulfonamides is 1. The summed E-state index contributed by atoms with van der Waals surface area (Å²) in [4.78, 5) is 13.0. The monoisotopic (exact) mass is 563 g/mol. The number of nitrogen functional groups attached to an aromatic ring is 1. The van der Waals surface area contributed by atoms with Crippen LogP contribution in [0.2, 0.25) is 0 Å². The van der Waals surface area contributed by atoms with Crippen LogP contribution in [0.25, 0.3) is 0 Å². The van der Waals surface area contributed by atoms with Crippen LogP contribution < -0.4 is 11.1 Å². The SMILES string of the molecule is CC(C)CN(CC(O)C(Cc1ccc(O)cc1)NC(=O)OC1COC2OCCC12)S(=O)(=O)c1ccc(N)cc1. The molecule has 0 aliphatic carbocycles. The van der Waals surface area contributed by atoms with Gasteiger partial charge in [0.25, 0.3) is 0 Å². The van der Waals surface area contributed by atoms with Gasteiger partial charge in [-0.2, -0.15) is 4.31 Å². The van der Waals surface area contributed by atoms with Crippen molar-refractivity contribution >= 4 is 21.8 Å². The number of phenols is 1. The fourth-order valence-electron chi connectivity index (χ4n) is 4.84. The minimum absolute atomic E-state index is 0.0295. The molecule has 5 atom stereocenters. The molecule has 0 saturated carbocycles. The van der Waals surface area contributed by atoms with Crippen LogP contribution in [-0.4, -0.2) is 79.9 Å². The first-order valence-electron chi connectivity index (χ1n) is 13.0. The highest BCUT2D eigenvalue weighted by Gasteiger charge is 2.44. The predicted octanol–water partition coefficient (Wildman–Crippen LogP) is 2.08. The van der Waals surface area contributed by atoms with E-state index in [1.54, 1.807) is 12.1 Å². The molecule has 2 aliphatic rings. The molecule has 5 N–H and O–H groups in total. The standard InChI is InChI=1S/C27H37N3O8S/c1-17(2)14-30(39(34,35)21-9-5-19(28)6-10-21)15-24(32)23(13-18-3-7-20(31)8-4-18)29-27(33)38-25-16-37-26-22(25)11-12-36-26/h3-10,17,22-26,31-32H,11-16,28H2,1-2H3,(H,29,33). The van der Waals surface area contributed by atoms with Crippen molar-refractivity contribution in [2.75, 3.05) is 32.0 Å². The number of hydrogen-bond acceptors (Lipinski definition) is 9. The lowest BCUT2D eigenvalue weighted by Gasteiger charge is -2.31. The summed E-state index contributed by atoms with van der Waals surface area (Å²) >= 11 is 0. The van der Waals surface area contributed by atoms with Crippen LogP contribution in [0.3, 0.4) is 0 Å². The summed E-state index contributed by atoms with van der Waals surface area (Å²) in [6, 6.07) is 11.3. The van der Waals surface area contributed by atoms with Crippen LogP contribution in [0.5, 0.6) is 5.75 Å². The summed E-state index contributed by atoms with van der Waals surface area (Å²) in [5, 5.41) is 23.7. The van der Waals surface area contributed by atoms with Gasteiger partial charge in [-0.25, -0.2) is 13.2 Å². The highest BCUT2D eigenvalue weighted by molar-refractivity contribution is 7.89. The summed E-state index contributed by atoms with van der Waals surface area (Å²) in [7, 11) is -3.97. The van der Waals surface area contributed by atoms with Gasteiger partial charge in [-0.15, -0.1) is 0 Å². The topological polar surface area (TPSA) is 161 Å². The lowest BCUT2D eigenvalue weighted by molar-refractivity contribution is -0.0907. The Balaban J connectivity index is 1.52. The average Bonchev–Trinajstić information content (AvgIpc) is 3.50. The molecule has 0 bridgehead atoms. The number of amides is 1. The molecule has 39 heavy (non-hydrogen) atoms. The van der Waals surface area contributed by atoms with Gasteiger partial charge in [0.2, 0.25) is 10.0 Å². The van der Waals surface area contributed by atoms with E-state index >= 15 is 0 Å². The molecule has 2 saturated heterocycles. The first-order valence-corrected chi connectivity index (χ1v) is 14.5. The van der Waals surface area contributed by atoms with Crippen LogP contribution in [0.1, 0.15) is 25.8 Å². The number of ether oxygens (including phenoxy) is 3. The summed E-state index contributed by atoms with van der Waals surface area (Å²) in [5.41, 5.74) is 6.89. The number of nitrogens with zero attached hydrogens (tertiary/aromatic N) is 1. The second-order valence-corrected chi connectivity index (χ2v) is 12.4. The molecule has 11 nitrogen and oxygen atoms in total. The van der Waals surface area contributed by atoms with E-state index in [0.29, 0.717) is 12.3 Å². The molecule has 2 aromatic rings. The van der Waals surface area contributed by atoms with E-state index in [9.17, 15) is 23.4 Å². The van der Waals surface area contributed by atoms with Gasteiger partial charge in [-0.3, -0.25) is 0 Å². The first-order chi connectivity index (χ1) is 18.5. The number of rotatable bonds is 11. The molecule has 5 unspecified atom stereocenters. The predicted molar refractivity (Wildman–Crippen MR) is 143 cm³/mol. The van der Waals surface area contributed by atoms with Crippen molar-refractivity contribution in [2.45, 2.75) is 56.1 Å². The lowest BCUT2D eigenvalue weighted by Crippen LogP contribution is -2.51. The van der Waals surface area contributed by atoms with Gasteiger partial charge < -0.3 is 35.5 Å². The van der Waals surface area contributed by atoms with Crippen molar-refractivity contribution < 1.29 is 37.6 Å². The molecule has 4 rings (SSSR count). The number of benzene rings is 2. The maximum atomic E-state index is 13.5. The number of fused-ring (bicyclic) bond motifs is 1. The zero-order chi connectivity index (χ0) is 28.2. The van der Waals surface area contributed by atoms with Gasteiger partial charge in [0.15, 0.2) is 6.29 Å². The summed E-state index contributed by atoms with van der Waals surface area (Å²) < 4.78 is 44.9. The molecule has 2 heterocycles. The van der Waals surface area contributed by atoms with E-state index < -0.39 is 34.4 Å². The Morgan fingerprint density at radius 1 is 1.13 bits per heavy atom. The largest absolute Gasteiger partial charge is 0.508 e. The number of alkyl carbamates (subject to hydrolysis) is 1. The summed E-state index contributed by atoms with van der Waals surface area (Å²) in [6.07, 6.45) is -2.00. The van der Waals surface area contributed by atoms with Crippen LogP contribution in [-0.2, 0) is 30.7 Å². The quantitative estimate of drug-likeness (QED) is 0.300. The number of carbonyl (C=O) groups is 1. The van der Waals surface area contributed by atoms with Gasteiger partial charge in [-0.05, 0) is 60.7 Å². The highest BCUT2D eigenvalue weighted by Crippen LogP contribution is 2.33. The summed E-state index contributed by atoms with van der Waals surface area (Å²) in [6.45, 7) is 4.40. The van der Waals surface area contributed by atoms with Crippen LogP contribution in [0.4, 0.5) is 10.5 Å². The average molecular weight is 564 g/mol. The molecule has 2 fully saturated rings. The minimum atomic E-state index is -3.97. The normalized spacial score (nSPS) is 22.5. The van der Waals surface area contributed by atoms with Crippen LogP contribution >= 0.6 is 0 Å². The van der Waals surface area contributed by atoms with E-state index in [1.807, 2.05) is 13.8 Å². The molecule has 0 aromatic heterocycles. The van der Waals surface area contributed by atoms with Crippen molar-refractivity contribution in [1.29, 1.82) is 0 Å². The number of aliphatic hydroxyl groups excluding tert-OH is 1. The smallest absolute Gasteiger partial charge is 0.407 e. The molecule has 0 spiro atoms. The lowest BCUT2D eigenvalue weighted by atomic mass is 10.0. The first kappa shape index (κ1) is 29.1. The molecule has 214 valence electrons. The van der Waals surface area contributed by atoms with Gasteiger partial charge in [0.05, 0.1) is 36.2 Å². The van der Waals surface area contributed by atoms with Gasteiger partial charge in [0.1, 0.15) is 11.9 Å².